The number of nitro groups is 1. The lowest BCUT2D eigenvalue weighted by Gasteiger charge is -2.06. The summed E-state index contributed by atoms with van der Waals surface area (Å²) in [7, 11) is 0. The molecule has 0 aliphatic carbocycles. The number of hydrogen-bond donors (Lipinski definition) is 2. The molecule has 1 heterocycles. The lowest BCUT2D eigenvalue weighted by Crippen LogP contribution is -2.16. The Morgan fingerprint density at radius 2 is 2.14 bits per heavy atom. The van der Waals surface area contributed by atoms with Crippen molar-refractivity contribution in [3.63, 3.8) is 0 Å². The molecule has 0 atom stereocenters. The number of nitrogens with zero attached hydrogens (tertiary/aromatic N) is 2. The number of nitro benzene ring substituents is 1. The van der Waals surface area contributed by atoms with Crippen molar-refractivity contribution < 1.29 is 18.5 Å². The summed E-state index contributed by atoms with van der Waals surface area (Å²) in [6, 6.07) is 0.965. The van der Waals surface area contributed by atoms with Crippen molar-refractivity contribution in [2.75, 3.05) is 11.1 Å². The van der Waals surface area contributed by atoms with Crippen LogP contribution in [0.2, 0.25) is 0 Å². The average molecular weight is 314 g/mol. The smallest absolute Gasteiger partial charge is 0.307 e. The van der Waals surface area contributed by atoms with Gasteiger partial charge in [0.25, 0.3) is 0 Å². The molecule has 0 fully saturated rings. The molecule has 0 radical (unpaired) electrons. The summed E-state index contributed by atoms with van der Waals surface area (Å²) in [5.74, 6) is -3.08. The van der Waals surface area contributed by atoms with Crippen LogP contribution < -0.4 is 11.1 Å². The molecular formula is C11H8F2N4O3S. The van der Waals surface area contributed by atoms with Crippen LogP contribution in [0.5, 0.6) is 0 Å². The second-order valence-electron chi connectivity index (χ2n) is 3.94. The molecule has 21 heavy (non-hydrogen) atoms. The number of thiazole rings is 1. The molecule has 0 unspecified atom stereocenters. The summed E-state index contributed by atoms with van der Waals surface area (Å²) in [5.41, 5.74) is 4.38. The maximum atomic E-state index is 13.5. The van der Waals surface area contributed by atoms with E-state index in [1.807, 2.05) is 0 Å². The van der Waals surface area contributed by atoms with E-state index in [0.29, 0.717) is 17.8 Å². The third kappa shape index (κ3) is 3.48. The van der Waals surface area contributed by atoms with Crippen LogP contribution in [0, 0.1) is 21.7 Å². The standard InChI is InChI=1S/C11H8F2N4O3S/c12-6-2-7(13)9(17(19)20)3-8(6)16-10(18)1-5-4-21-11(14)15-5/h2-4H,1H2,(H2,14,15)(H,16,18). The van der Waals surface area contributed by atoms with E-state index >= 15 is 0 Å². The topological polar surface area (TPSA) is 111 Å². The number of aromatic nitrogens is 1. The van der Waals surface area contributed by atoms with E-state index in [1.54, 1.807) is 5.38 Å². The molecule has 1 amide bonds. The molecule has 110 valence electrons. The highest BCUT2D eigenvalue weighted by molar-refractivity contribution is 7.13. The van der Waals surface area contributed by atoms with Crippen molar-refractivity contribution in [1.29, 1.82) is 0 Å². The molecule has 0 aliphatic rings. The van der Waals surface area contributed by atoms with Crippen LogP contribution >= 0.6 is 11.3 Å². The molecule has 0 bridgehead atoms. The van der Waals surface area contributed by atoms with Crippen molar-refractivity contribution in [3.8, 4) is 0 Å². The zero-order chi connectivity index (χ0) is 15.6. The van der Waals surface area contributed by atoms with Crippen LogP contribution in [-0.4, -0.2) is 15.8 Å². The van der Waals surface area contributed by atoms with Gasteiger partial charge in [-0.1, -0.05) is 0 Å². The molecule has 0 aliphatic heterocycles. The van der Waals surface area contributed by atoms with E-state index in [-0.39, 0.29) is 11.6 Å². The average Bonchev–Trinajstić information content (AvgIpc) is 2.77. The first-order valence-electron chi connectivity index (χ1n) is 5.50. The molecule has 0 saturated carbocycles. The summed E-state index contributed by atoms with van der Waals surface area (Å²) < 4.78 is 26.6. The Morgan fingerprint density at radius 3 is 2.71 bits per heavy atom. The fourth-order valence-electron chi connectivity index (χ4n) is 1.54. The zero-order valence-corrected chi connectivity index (χ0v) is 11.1. The van der Waals surface area contributed by atoms with Gasteiger partial charge in [-0.2, -0.15) is 4.39 Å². The number of hydrogen-bond acceptors (Lipinski definition) is 6. The fourth-order valence-corrected chi connectivity index (χ4v) is 2.10. The number of halogens is 2. The normalized spacial score (nSPS) is 10.4. The minimum Gasteiger partial charge on any atom is -0.375 e. The number of nitrogens with two attached hydrogens (primary N) is 1. The highest BCUT2D eigenvalue weighted by Crippen LogP contribution is 2.25. The molecule has 7 nitrogen and oxygen atoms in total. The largest absolute Gasteiger partial charge is 0.375 e. The summed E-state index contributed by atoms with van der Waals surface area (Å²) in [6.45, 7) is 0. The molecule has 2 rings (SSSR count). The predicted molar refractivity (Wildman–Crippen MR) is 71.9 cm³/mol. The van der Waals surface area contributed by atoms with E-state index in [9.17, 15) is 23.7 Å². The SMILES string of the molecule is Nc1nc(CC(=O)Nc2cc([N+](=O)[O-])c(F)cc2F)cs1. The lowest BCUT2D eigenvalue weighted by molar-refractivity contribution is -0.387. The number of carbonyl (C=O) groups is 1. The third-order valence-electron chi connectivity index (χ3n) is 2.42. The number of anilines is 2. The highest BCUT2D eigenvalue weighted by Gasteiger charge is 2.20. The van der Waals surface area contributed by atoms with Crippen LogP contribution in [0.15, 0.2) is 17.5 Å². The number of rotatable bonds is 4. The third-order valence-corrected chi connectivity index (χ3v) is 3.14. The second kappa shape index (κ2) is 5.79. The Bertz CT molecular complexity index is 719. The number of carbonyl (C=O) groups excluding carboxylic acids is 1. The Morgan fingerprint density at radius 1 is 1.43 bits per heavy atom. The minimum absolute atomic E-state index is 0.182. The van der Waals surface area contributed by atoms with E-state index in [2.05, 4.69) is 10.3 Å². The maximum Gasteiger partial charge on any atom is 0.307 e. The van der Waals surface area contributed by atoms with Gasteiger partial charge in [0.1, 0.15) is 5.82 Å². The van der Waals surface area contributed by atoms with Crippen LogP contribution in [0.3, 0.4) is 0 Å². The Balaban J connectivity index is 2.17. The van der Waals surface area contributed by atoms with Gasteiger partial charge >= 0.3 is 5.69 Å². The fraction of sp³-hybridized carbons (Fsp3) is 0.0909. The number of nitrogen functional groups attached to an aromatic ring is 1. The minimum atomic E-state index is -1.32. The van der Waals surface area contributed by atoms with E-state index in [4.69, 9.17) is 5.73 Å². The summed E-state index contributed by atoms with van der Waals surface area (Å²) in [4.78, 5) is 25.1. The zero-order valence-electron chi connectivity index (χ0n) is 10.3. The van der Waals surface area contributed by atoms with Crippen molar-refractivity contribution in [1.82, 2.24) is 4.98 Å². The highest BCUT2D eigenvalue weighted by atomic mass is 32.1. The van der Waals surface area contributed by atoms with Gasteiger partial charge < -0.3 is 11.1 Å². The van der Waals surface area contributed by atoms with Crippen molar-refractivity contribution in [3.05, 3.63) is 45.0 Å². The first-order chi connectivity index (χ1) is 9.86. The van der Waals surface area contributed by atoms with Gasteiger partial charge in [-0.15, -0.1) is 11.3 Å². The Hall–Kier alpha value is -2.62. The molecule has 0 spiro atoms. The lowest BCUT2D eigenvalue weighted by atomic mass is 10.2. The van der Waals surface area contributed by atoms with Crippen molar-refractivity contribution >= 4 is 33.8 Å². The van der Waals surface area contributed by atoms with Crippen LogP contribution in [0.1, 0.15) is 5.69 Å². The summed E-state index contributed by atoms with van der Waals surface area (Å²) in [6.07, 6.45) is -0.182. The predicted octanol–water partition coefficient (Wildman–Crippen LogP) is 2.09. The van der Waals surface area contributed by atoms with Crippen molar-refractivity contribution in [2.24, 2.45) is 0 Å². The van der Waals surface area contributed by atoms with E-state index < -0.39 is 33.8 Å². The number of nitrogens with one attached hydrogen (secondary N) is 1. The molecule has 1 aromatic heterocycles. The monoisotopic (exact) mass is 314 g/mol. The van der Waals surface area contributed by atoms with Crippen LogP contribution in [-0.2, 0) is 11.2 Å². The van der Waals surface area contributed by atoms with E-state index in [1.165, 1.54) is 0 Å². The summed E-state index contributed by atoms with van der Waals surface area (Å²) in [5, 5.41) is 14.5. The van der Waals surface area contributed by atoms with Crippen LogP contribution in [0.4, 0.5) is 25.3 Å². The Labute approximate surface area is 120 Å². The van der Waals surface area contributed by atoms with Gasteiger partial charge in [0.15, 0.2) is 5.13 Å². The molecule has 1 aromatic carbocycles. The quantitative estimate of drug-likeness (QED) is 0.663. The van der Waals surface area contributed by atoms with Gasteiger partial charge in [-0.05, 0) is 0 Å². The van der Waals surface area contributed by atoms with Crippen LogP contribution in [0.25, 0.3) is 0 Å². The first-order valence-corrected chi connectivity index (χ1v) is 6.38. The second-order valence-corrected chi connectivity index (χ2v) is 4.83. The number of amides is 1. The van der Waals surface area contributed by atoms with Crippen molar-refractivity contribution in [2.45, 2.75) is 6.42 Å². The van der Waals surface area contributed by atoms with Gasteiger partial charge in [0, 0.05) is 17.5 Å². The molecular weight excluding hydrogens is 306 g/mol. The summed E-state index contributed by atoms with van der Waals surface area (Å²) >= 11 is 1.14. The van der Waals surface area contributed by atoms with E-state index in [0.717, 1.165) is 11.3 Å². The maximum absolute atomic E-state index is 13.5. The first kappa shape index (κ1) is 14.8. The van der Waals surface area contributed by atoms with Gasteiger partial charge in [-0.25, -0.2) is 9.37 Å². The molecule has 0 saturated heterocycles. The van der Waals surface area contributed by atoms with Gasteiger partial charge in [0.05, 0.1) is 22.7 Å². The molecule has 10 heteroatoms. The Kier molecular flexibility index (Phi) is 4.08. The molecule has 2 aromatic rings. The molecule has 3 N–H and O–H groups in total. The van der Waals surface area contributed by atoms with Gasteiger partial charge in [0.2, 0.25) is 11.7 Å². The van der Waals surface area contributed by atoms with Gasteiger partial charge in [-0.3, -0.25) is 14.9 Å². The number of benzene rings is 1.